The molecule has 0 bridgehead atoms. The Morgan fingerprint density at radius 3 is 2.69 bits per heavy atom. The Hall–Kier alpha value is -1.70. The van der Waals surface area contributed by atoms with Gasteiger partial charge in [-0.1, -0.05) is 5.92 Å². The number of nitrogens with one attached hydrogen (secondary N) is 2. The summed E-state index contributed by atoms with van der Waals surface area (Å²) in [6.07, 6.45) is 1.35. The van der Waals surface area contributed by atoms with Crippen LogP contribution in [0.25, 0.3) is 0 Å². The highest BCUT2D eigenvalue weighted by Gasteiger charge is 2.06. The summed E-state index contributed by atoms with van der Waals surface area (Å²) in [5.41, 5.74) is 0. The molecule has 2 amide bonds. The highest BCUT2D eigenvalue weighted by atomic mass is 16.4. The smallest absolute Gasteiger partial charge is 0.315 e. The molecule has 0 radical (unpaired) electrons. The van der Waals surface area contributed by atoms with Crippen molar-refractivity contribution in [3.63, 3.8) is 0 Å². The molecule has 0 spiro atoms. The topological polar surface area (TPSA) is 78.4 Å². The Kier molecular flexibility index (Phi) is 7.68. The van der Waals surface area contributed by atoms with Gasteiger partial charge in [0.1, 0.15) is 0 Å². The van der Waals surface area contributed by atoms with Gasteiger partial charge < -0.3 is 15.7 Å². The predicted molar refractivity (Wildman–Crippen MR) is 60.9 cm³/mol. The molecule has 3 N–H and O–H groups in total. The van der Waals surface area contributed by atoms with E-state index in [1.807, 2.05) is 6.92 Å². The molecule has 0 aliphatic heterocycles. The summed E-state index contributed by atoms with van der Waals surface area (Å²) >= 11 is 0. The predicted octanol–water partition coefficient (Wildman–Crippen LogP) is 0.952. The summed E-state index contributed by atoms with van der Waals surface area (Å²) in [5.74, 6) is 4.57. The van der Waals surface area contributed by atoms with Gasteiger partial charge in [-0.2, -0.15) is 0 Å². The third-order valence-corrected chi connectivity index (χ3v) is 1.92. The minimum Gasteiger partial charge on any atom is -0.481 e. The first-order valence-corrected chi connectivity index (χ1v) is 5.22. The molecule has 5 nitrogen and oxygen atoms in total. The fraction of sp³-hybridized carbons (Fsp3) is 0.636. The van der Waals surface area contributed by atoms with Gasteiger partial charge >= 0.3 is 12.0 Å². The number of urea groups is 1. The lowest BCUT2D eigenvalue weighted by atomic mass is 10.1. The zero-order valence-corrected chi connectivity index (χ0v) is 9.67. The Balaban J connectivity index is 3.60. The second-order valence-corrected chi connectivity index (χ2v) is 3.44. The molecule has 1 atom stereocenters. The number of carboxylic acids is 1. The van der Waals surface area contributed by atoms with Crippen LogP contribution in [0.15, 0.2) is 0 Å². The zero-order chi connectivity index (χ0) is 12.4. The molecule has 90 valence electrons. The van der Waals surface area contributed by atoms with Crippen LogP contribution in [0.4, 0.5) is 4.79 Å². The monoisotopic (exact) mass is 226 g/mol. The van der Waals surface area contributed by atoms with Crippen LogP contribution < -0.4 is 10.6 Å². The van der Waals surface area contributed by atoms with Gasteiger partial charge in [-0.25, -0.2) is 4.79 Å². The maximum Gasteiger partial charge on any atom is 0.315 e. The number of amides is 2. The Bertz CT molecular complexity index is 291. The van der Waals surface area contributed by atoms with Crippen LogP contribution in [0.5, 0.6) is 0 Å². The van der Waals surface area contributed by atoms with E-state index in [1.54, 1.807) is 6.92 Å². The number of hydrogen-bond acceptors (Lipinski definition) is 2. The van der Waals surface area contributed by atoms with Gasteiger partial charge in [-0.15, -0.1) is 5.92 Å². The fourth-order valence-corrected chi connectivity index (χ4v) is 1.12. The summed E-state index contributed by atoms with van der Waals surface area (Å²) in [6.45, 7) is 3.87. The van der Waals surface area contributed by atoms with Crippen LogP contribution in [0.1, 0.15) is 33.1 Å². The van der Waals surface area contributed by atoms with Crippen molar-refractivity contribution >= 4 is 12.0 Å². The van der Waals surface area contributed by atoms with Gasteiger partial charge in [0.15, 0.2) is 0 Å². The van der Waals surface area contributed by atoms with E-state index in [9.17, 15) is 9.59 Å². The second kappa shape index (κ2) is 8.60. The number of hydrogen-bond donors (Lipinski definition) is 3. The van der Waals surface area contributed by atoms with Crippen molar-refractivity contribution in [1.82, 2.24) is 10.6 Å². The average molecular weight is 226 g/mol. The number of aliphatic carboxylic acids is 1. The molecule has 0 fully saturated rings. The highest BCUT2D eigenvalue weighted by molar-refractivity contribution is 5.74. The molecular formula is C11H18N2O3. The summed E-state index contributed by atoms with van der Waals surface area (Å²) < 4.78 is 0. The number of carboxylic acid groups (broad SMARTS) is 1. The normalized spacial score (nSPS) is 10.9. The van der Waals surface area contributed by atoms with Crippen molar-refractivity contribution in [3.8, 4) is 11.8 Å². The molecule has 16 heavy (non-hydrogen) atoms. The van der Waals surface area contributed by atoms with Gasteiger partial charge in [0.2, 0.25) is 0 Å². The van der Waals surface area contributed by atoms with Crippen LogP contribution in [-0.4, -0.2) is 29.7 Å². The maximum atomic E-state index is 11.2. The van der Waals surface area contributed by atoms with Crippen molar-refractivity contribution in [2.45, 2.75) is 39.2 Å². The zero-order valence-electron chi connectivity index (χ0n) is 9.67. The number of rotatable bonds is 6. The number of carbonyl (C=O) groups excluding carboxylic acids is 1. The minimum atomic E-state index is -0.810. The van der Waals surface area contributed by atoms with E-state index in [0.717, 1.165) is 0 Å². The fourth-order valence-electron chi connectivity index (χ4n) is 1.12. The quantitative estimate of drug-likeness (QED) is 0.590. The van der Waals surface area contributed by atoms with Crippen molar-refractivity contribution in [3.05, 3.63) is 0 Å². The van der Waals surface area contributed by atoms with E-state index < -0.39 is 5.97 Å². The van der Waals surface area contributed by atoms with E-state index in [0.29, 0.717) is 19.4 Å². The van der Waals surface area contributed by atoms with E-state index in [2.05, 4.69) is 22.5 Å². The van der Waals surface area contributed by atoms with Crippen LogP contribution in [0, 0.1) is 11.8 Å². The molecule has 0 saturated heterocycles. The van der Waals surface area contributed by atoms with Crippen LogP contribution in [0.2, 0.25) is 0 Å². The summed E-state index contributed by atoms with van der Waals surface area (Å²) in [6, 6.07) is -0.306. The van der Waals surface area contributed by atoms with Crippen LogP contribution >= 0.6 is 0 Å². The molecule has 0 aromatic heterocycles. The molecular weight excluding hydrogens is 208 g/mol. The minimum absolute atomic E-state index is 0.0334. The van der Waals surface area contributed by atoms with Gasteiger partial charge in [0, 0.05) is 12.5 Å². The SMILES string of the molecule is CC#CCNC(=O)NC(C)CCCC(=O)O. The van der Waals surface area contributed by atoms with Gasteiger partial charge in [0.05, 0.1) is 6.54 Å². The van der Waals surface area contributed by atoms with E-state index in [-0.39, 0.29) is 18.5 Å². The van der Waals surface area contributed by atoms with Gasteiger partial charge in [0.25, 0.3) is 0 Å². The molecule has 0 aromatic carbocycles. The largest absolute Gasteiger partial charge is 0.481 e. The first-order valence-electron chi connectivity index (χ1n) is 5.22. The Morgan fingerprint density at radius 2 is 2.12 bits per heavy atom. The molecule has 5 heteroatoms. The third kappa shape index (κ3) is 8.88. The first kappa shape index (κ1) is 14.3. The molecule has 0 aliphatic rings. The van der Waals surface area contributed by atoms with Gasteiger partial charge in [-0.05, 0) is 26.7 Å². The van der Waals surface area contributed by atoms with Crippen molar-refractivity contribution in [1.29, 1.82) is 0 Å². The molecule has 0 rings (SSSR count). The van der Waals surface area contributed by atoms with Gasteiger partial charge in [-0.3, -0.25) is 4.79 Å². The summed E-state index contributed by atoms with van der Waals surface area (Å²) in [7, 11) is 0. The highest BCUT2D eigenvalue weighted by Crippen LogP contribution is 1.99. The van der Waals surface area contributed by atoms with E-state index in [4.69, 9.17) is 5.11 Å². The van der Waals surface area contributed by atoms with Crippen molar-refractivity contribution in [2.24, 2.45) is 0 Å². The van der Waals surface area contributed by atoms with Crippen molar-refractivity contribution in [2.75, 3.05) is 6.54 Å². The molecule has 1 unspecified atom stereocenters. The summed E-state index contributed by atoms with van der Waals surface area (Å²) in [5, 5.41) is 13.7. The second-order valence-electron chi connectivity index (χ2n) is 3.44. The van der Waals surface area contributed by atoms with Crippen LogP contribution in [0.3, 0.4) is 0 Å². The Morgan fingerprint density at radius 1 is 1.44 bits per heavy atom. The van der Waals surface area contributed by atoms with E-state index >= 15 is 0 Å². The lowest BCUT2D eigenvalue weighted by Gasteiger charge is -2.13. The maximum absolute atomic E-state index is 11.2. The lowest BCUT2D eigenvalue weighted by molar-refractivity contribution is -0.137. The Labute approximate surface area is 95.6 Å². The number of carbonyl (C=O) groups is 2. The lowest BCUT2D eigenvalue weighted by Crippen LogP contribution is -2.40. The molecule has 0 saturated carbocycles. The standard InChI is InChI=1S/C11H18N2O3/c1-3-4-8-12-11(16)13-9(2)6-5-7-10(14)15/h9H,5-8H2,1-2H3,(H,14,15)(H2,12,13,16). The van der Waals surface area contributed by atoms with E-state index in [1.165, 1.54) is 0 Å². The van der Waals surface area contributed by atoms with Crippen LogP contribution in [-0.2, 0) is 4.79 Å². The average Bonchev–Trinajstić information content (AvgIpc) is 2.17. The van der Waals surface area contributed by atoms with Crippen molar-refractivity contribution < 1.29 is 14.7 Å². The third-order valence-electron chi connectivity index (χ3n) is 1.92. The molecule has 0 aliphatic carbocycles. The molecule has 0 aromatic rings. The first-order chi connectivity index (χ1) is 7.56. The summed E-state index contributed by atoms with van der Waals surface area (Å²) in [4.78, 5) is 21.5. The molecule has 0 heterocycles.